The number of benzene rings is 1. The van der Waals surface area contributed by atoms with Gasteiger partial charge in [0.15, 0.2) is 17.5 Å². The maximum Gasteiger partial charge on any atom is 0.191 e. The third-order valence-electron chi connectivity index (χ3n) is 4.47. The van der Waals surface area contributed by atoms with E-state index in [1.54, 1.807) is 21.3 Å². The molecular weight excluding hydrogens is 342 g/mol. The number of guanidine groups is 1. The van der Waals surface area contributed by atoms with Crippen LogP contribution in [0.5, 0.6) is 11.5 Å². The number of hydrogen-bond acceptors (Lipinski definition) is 4. The molecule has 0 saturated heterocycles. The summed E-state index contributed by atoms with van der Waals surface area (Å²) in [5.74, 6) is 3.08. The van der Waals surface area contributed by atoms with Gasteiger partial charge in [-0.3, -0.25) is 4.99 Å². The molecular formula is C21H33N3O3. The Labute approximate surface area is 163 Å². The summed E-state index contributed by atoms with van der Waals surface area (Å²) in [6, 6.07) is 4.09. The lowest BCUT2D eigenvalue weighted by molar-refractivity contribution is 0.123. The van der Waals surface area contributed by atoms with Gasteiger partial charge in [-0.1, -0.05) is 6.08 Å². The van der Waals surface area contributed by atoms with Crippen LogP contribution in [0, 0.1) is 5.92 Å². The van der Waals surface area contributed by atoms with E-state index in [0.717, 1.165) is 67.1 Å². The Morgan fingerprint density at radius 3 is 2.70 bits per heavy atom. The molecule has 0 atom stereocenters. The van der Waals surface area contributed by atoms with Gasteiger partial charge in [0, 0.05) is 38.9 Å². The molecule has 1 saturated carbocycles. The molecule has 150 valence electrons. The molecule has 0 aliphatic heterocycles. The van der Waals surface area contributed by atoms with Crippen LogP contribution in [0.3, 0.4) is 0 Å². The van der Waals surface area contributed by atoms with Crippen LogP contribution in [-0.4, -0.2) is 47.0 Å². The second-order valence-corrected chi connectivity index (χ2v) is 6.71. The molecule has 1 aliphatic rings. The fourth-order valence-electron chi connectivity index (χ4n) is 2.84. The number of ether oxygens (including phenoxy) is 3. The van der Waals surface area contributed by atoms with Crippen LogP contribution in [0.2, 0.25) is 0 Å². The second kappa shape index (κ2) is 11.5. The third kappa shape index (κ3) is 7.13. The van der Waals surface area contributed by atoms with Crippen molar-refractivity contribution in [2.24, 2.45) is 10.9 Å². The summed E-state index contributed by atoms with van der Waals surface area (Å²) in [4.78, 5) is 4.28. The molecule has 0 radical (unpaired) electrons. The minimum atomic E-state index is 0.641. The molecule has 2 rings (SSSR count). The predicted molar refractivity (Wildman–Crippen MR) is 110 cm³/mol. The van der Waals surface area contributed by atoms with Gasteiger partial charge in [0.1, 0.15) is 0 Å². The van der Waals surface area contributed by atoms with Gasteiger partial charge in [0.25, 0.3) is 0 Å². The average molecular weight is 376 g/mol. The third-order valence-corrected chi connectivity index (χ3v) is 4.47. The smallest absolute Gasteiger partial charge is 0.191 e. The summed E-state index contributed by atoms with van der Waals surface area (Å²) in [6.07, 6.45) is 6.22. The van der Waals surface area contributed by atoms with Gasteiger partial charge in [0.2, 0.25) is 0 Å². The van der Waals surface area contributed by atoms with Crippen molar-refractivity contribution in [3.05, 3.63) is 35.9 Å². The first-order chi connectivity index (χ1) is 13.2. The number of hydrogen-bond donors (Lipinski definition) is 2. The Hall–Kier alpha value is -2.21. The van der Waals surface area contributed by atoms with Crippen molar-refractivity contribution >= 4 is 5.96 Å². The Morgan fingerprint density at radius 2 is 2.07 bits per heavy atom. The average Bonchev–Trinajstić information content (AvgIpc) is 3.51. The van der Waals surface area contributed by atoms with Crippen LogP contribution in [0.1, 0.15) is 30.4 Å². The molecule has 2 N–H and O–H groups in total. The molecule has 6 heteroatoms. The Kier molecular flexibility index (Phi) is 8.98. The molecule has 0 unspecified atom stereocenters. The van der Waals surface area contributed by atoms with Crippen LogP contribution in [0.15, 0.2) is 29.8 Å². The zero-order valence-corrected chi connectivity index (χ0v) is 16.8. The fraction of sp³-hybridized carbons (Fsp3) is 0.571. The van der Waals surface area contributed by atoms with Crippen molar-refractivity contribution in [1.29, 1.82) is 0 Å². The van der Waals surface area contributed by atoms with E-state index >= 15 is 0 Å². The SMILES string of the molecule is C=CCc1cc(CNC(=NC)NCCCOCC2CC2)cc(OC)c1OC. The molecule has 0 aromatic heterocycles. The van der Waals surface area contributed by atoms with Crippen molar-refractivity contribution in [3.8, 4) is 11.5 Å². The van der Waals surface area contributed by atoms with E-state index in [1.165, 1.54) is 12.8 Å². The number of aliphatic imine (C=N–C) groups is 1. The molecule has 0 amide bonds. The van der Waals surface area contributed by atoms with Crippen LogP contribution in [0.25, 0.3) is 0 Å². The van der Waals surface area contributed by atoms with Gasteiger partial charge in [-0.15, -0.1) is 6.58 Å². The zero-order chi connectivity index (χ0) is 19.5. The summed E-state index contributed by atoms with van der Waals surface area (Å²) in [5.41, 5.74) is 2.15. The van der Waals surface area contributed by atoms with E-state index in [1.807, 2.05) is 12.1 Å². The van der Waals surface area contributed by atoms with E-state index in [-0.39, 0.29) is 0 Å². The molecule has 0 heterocycles. The topological polar surface area (TPSA) is 64.1 Å². The first kappa shape index (κ1) is 21.1. The monoisotopic (exact) mass is 375 g/mol. The Morgan fingerprint density at radius 1 is 1.26 bits per heavy atom. The highest BCUT2D eigenvalue weighted by molar-refractivity contribution is 5.79. The zero-order valence-electron chi connectivity index (χ0n) is 16.8. The number of nitrogens with one attached hydrogen (secondary N) is 2. The van der Waals surface area contributed by atoms with Gasteiger partial charge in [-0.25, -0.2) is 0 Å². The van der Waals surface area contributed by atoms with Crippen LogP contribution in [-0.2, 0) is 17.7 Å². The number of nitrogens with zero attached hydrogens (tertiary/aromatic N) is 1. The highest BCUT2D eigenvalue weighted by Crippen LogP contribution is 2.33. The number of allylic oxidation sites excluding steroid dienone is 1. The molecule has 1 aliphatic carbocycles. The van der Waals surface area contributed by atoms with Crippen molar-refractivity contribution in [3.63, 3.8) is 0 Å². The maximum absolute atomic E-state index is 5.65. The van der Waals surface area contributed by atoms with Crippen molar-refractivity contribution < 1.29 is 14.2 Å². The first-order valence-electron chi connectivity index (χ1n) is 9.58. The van der Waals surface area contributed by atoms with Crippen molar-refractivity contribution in [1.82, 2.24) is 10.6 Å². The van der Waals surface area contributed by atoms with Crippen molar-refractivity contribution in [2.75, 3.05) is 41.0 Å². The maximum atomic E-state index is 5.65. The molecule has 1 aromatic rings. The van der Waals surface area contributed by atoms with Crippen LogP contribution < -0.4 is 20.1 Å². The van der Waals surface area contributed by atoms with Gasteiger partial charge < -0.3 is 24.8 Å². The molecule has 1 fully saturated rings. The fourth-order valence-corrected chi connectivity index (χ4v) is 2.84. The standard InChI is InChI=1S/C21H33N3O3/c1-5-7-18-12-17(13-19(25-3)20(18)26-4)14-24-21(22-2)23-10-6-11-27-15-16-8-9-16/h5,12-13,16H,1,6-11,14-15H2,2-4H3,(H2,22,23,24). The van der Waals surface area contributed by atoms with Crippen LogP contribution in [0.4, 0.5) is 0 Å². The molecule has 6 nitrogen and oxygen atoms in total. The molecule has 27 heavy (non-hydrogen) atoms. The predicted octanol–water partition coefficient (Wildman–Crippen LogP) is 2.91. The minimum Gasteiger partial charge on any atom is -0.493 e. The van der Waals surface area contributed by atoms with Gasteiger partial charge >= 0.3 is 0 Å². The lowest BCUT2D eigenvalue weighted by atomic mass is 10.1. The highest BCUT2D eigenvalue weighted by atomic mass is 16.5. The summed E-state index contributed by atoms with van der Waals surface area (Å²) in [6.45, 7) is 7.00. The summed E-state index contributed by atoms with van der Waals surface area (Å²) < 4.78 is 16.6. The second-order valence-electron chi connectivity index (χ2n) is 6.71. The van der Waals surface area contributed by atoms with Gasteiger partial charge in [-0.2, -0.15) is 0 Å². The summed E-state index contributed by atoms with van der Waals surface area (Å²) in [5, 5.41) is 6.66. The summed E-state index contributed by atoms with van der Waals surface area (Å²) >= 11 is 0. The van der Waals surface area contributed by atoms with Crippen LogP contribution >= 0.6 is 0 Å². The Bertz CT molecular complexity index is 627. The van der Waals surface area contributed by atoms with E-state index in [2.05, 4.69) is 28.3 Å². The molecule has 0 spiro atoms. The first-order valence-corrected chi connectivity index (χ1v) is 9.58. The van der Waals surface area contributed by atoms with E-state index < -0.39 is 0 Å². The van der Waals surface area contributed by atoms with Crippen molar-refractivity contribution in [2.45, 2.75) is 32.2 Å². The normalized spacial score (nSPS) is 14.0. The molecule has 1 aromatic carbocycles. The number of rotatable bonds is 12. The summed E-state index contributed by atoms with van der Waals surface area (Å²) in [7, 11) is 5.08. The van der Waals surface area contributed by atoms with E-state index in [0.29, 0.717) is 6.54 Å². The quantitative estimate of drug-likeness (QED) is 0.255. The Balaban J connectivity index is 1.81. The minimum absolute atomic E-state index is 0.641. The van der Waals surface area contributed by atoms with Gasteiger partial charge in [0.05, 0.1) is 14.2 Å². The lowest BCUT2D eigenvalue weighted by Crippen LogP contribution is -2.37. The largest absolute Gasteiger partial charge is 0.493 e. The van der Waals surface area contributed by atoms with E-state index in [4.69, 9.17) is 14.2 Å². The lowest BCUT2D eigenvalue weighted by Gasteiger charge is -2.16. The molecule has 0 bridgehead atoms. The van der Waals surface area contributed by atoms with E-state index in [9.17, 15) is 0 Å². The highest BCUT2D eigenvalue weighted by Gasteiger charge is 2.20. The number of methoxy groups -OCH3 is 2. The van der Waals surface area contributed by atoms with Gasteiger partial charge in [-0.05, 0) is 49.3 Å².